The first kappa shape index (κ1) is 17.6. The van der Waals surface area contributed by atoms with E-state index in [0.717, 1.165) is 42.4 Å². The van der Waals surface area contributed by atoms with Crippen LogP contribution < -0.4 is 0 Å². The Labute approximate surface area is 153 Å². The van der Waals surface area contributed by atoms with Crippen molar-refractivity contribution in [1.29, 1.82) is 0 Å². The lowest BCUT2D eigenvalue weighted by molar-refractivity contribution is -0.159. The average molecular weight is 345 g/mol. The molecule has 0 aliphatic heterocycles. The summed E-state index contributed by atoms with van der Waals surface area (Å²) in [5, 5.41) is 0. The van der Waals surface area contributed by atoms with Gasteiger partial charge in [0, 0.05) is 6.92 Å². The molecule has 4 aliphatic carbocycles. The van der Waals surface area contributed by atoms with Crippen molar-refractivity contribution in [3.8, 4) is 0 Å². The molecule has 0 radical (unpaired) electrons. The number of rotatable bonds is 2. The van der Waals surface area contributed by atoms with Gasteiger partial charge in [-0.1, -0.05) is 19.9 Å². The number of carbonyl (C=O) groups excluding carboxylic acids is 1. The fraction of sp³-hybridized carbons (Fsp3) is 0.870. The van der Waals surface area contributed by atoms with Gasteiger partial charge in [0.2, 0.25) is 0 Å². The van der Waals surface area contributed by atoms with E-state index >= 15 is 0 Å². The highest BCUT2D eigenvalue weighted by Gasteiger charge is 2.59. The third-order valence-corrected chi connectivity index (χ3v) is 9.31. The van der Waals surface area contributed by atoms with Gasteiger partial charge in [0.25, 0.3) is 0 Å². The van der Waals surface area contributed by atoms with Crippen LogP contribution in [0.4, 0.5) is 0 Å². The van der Waals surface area contributed by atoms with Gasteiger partial charge in [0.15, 0.2) is 0 Å². The van der Waals surface area contributed by atoms with E-state index in [1.54, 1.807) is 6.92 Å². The molecule has 0 spiro atoms. The summed E-state index contributed by atoms with van der Waals surface area (Å²) in [4.78, 5) is 11.4. The van der Waals surface area contributed by atoms with E-state index in [1.165, 1.54) is 44.9 Å². The summed E-state index contributed by atoms with van der Waals surface area (Å²) < 4.78 is 5.59. The molecule has 0 amide bonds. The molecule has 0 aromatic carbocycles. The second kappa shape index (κ2) is 6.13. The van der Waals surface area contributed by atoms with Gasteiger partial charge in [0.1, 0.15) is 6.10 Å². The first-order valence-corrected chi connectivity index (χ1v) is 10.7. The molecule has 0 saturated heterocycles. The number of carbonyl (C=O) groups is 1. The van der Waals surface area contributed by atoms with Gasteiger partial charge in [-0.25, -0.2) is 0 Å². The van der Waals surface area contributed by atoms with E-state index in [1.807, 2.05) is 0 Å². The van der Waals surface area contributed by atoms with Gasteiger partial charge in [-0.2, -0.15) is 0 Å². The summed E-state index contributed by atoms with van der Waals surface area (Å²) in [6.07, 6.45) is 14.2. The molecule has 4 fully saturated rings. The molecule has 0 N–H and O–H groups in total. The molecular weight excluding hydrogens is 308 g/mol. The number of esters is 1. The highest BCUT2D eigenvalue weighted by molar-refractivity contribution is 5.66. The predicted molar refractivity (Wildman–Crippen MR) is 101 cm³/mol. The van der Waals surface area contributed by atoms with Crippen LogP contribution >= 0.6 is 0 Å². The Morgan fingerprint density at radius 2 is 1.72 bits per heavy atom. The maximum absolute atomic E-state index is 11.4. The van der Waals surface area contributed by atoms with E-state index in [-0.39, 0.29) is 12.1 Å². The molecule has 0 bridgehead atoms. The third kappa shape index (κ3) is 2.61. The molecule has 2 heteroatoms. The Kier molecular flexibility index (Phi) is 4.32. The SMILES string of the molecule is C=C[C@H]1CC[C@H]2[C@@H]3CC[C@H]4C[C@H](OC(C)=O)CC[C@]4(C)[C@H]3CC[C@]12C. The minimum Gasteiger partial charge on any atom is -0.463 e. The van der Waals surface area contributed by atoms with Crippen molar-refractivity contribution in [1.82, 2.24) is 0 Å². The number of fused-ring (bicyclic) bond motifs is 5. The Morgan fingerprint density at radius 3 is 2.44 bits per heavy atom. The minimum absolute atomic E-state index is 0.0999. The van der Waals surface area contributed by atoms with Crippen LogP contribution in [0.3, 0.4) is 0 Å². The van der Waals surface area contributed by atoms with Crippen LogP contribution in [0.25, 0.3) is 0 Å². The standard InChI is InChI=1S/C23H36O2/c1-5-16-7-9-20-19-8-6-17-14-18(25-15(2)24)10-12-23(17,4)21(19)11-13-22(16,20)3/h5,16-21H,1,6-14H2,2-4H3/t16-,17-,18+,19-,20-,21-,22+,23-/m0/s1. The largest absolute Gasteiger partial charge is 0.463 e. The third-order valence-electron chi connectivity index (χ3n) is 9.31. The van der Waals surface area contributed by atoms with E-state index in [4.69, 9.17) is 4.74 Å². The lowest BCUT2D eigenvalue weighted by Gasteiger charge is -2.61. The second-order valence-electron chi connectivity index (χ2n) is 10.1. The molecule has 8 atom stereocenters. The zero-order chi connectivity index (χ0) is 17.8. The predicted octanol–water partition coefficient (Wildman–Crippen LogP) is 5.76. The quantitative estimate of drug-likeness (QED) is 0.470. The van der Waals surface area contributed by atoms with Crippen LogP contribution in [0.2, 0.25) is 0 Å². The molecular formula is C23H36O2. The van der Waals surface area contributed by atoms with Crippen molar-refractivity contribution in [2.45, 2.75) is 84.7 Å². The van der Waals surface area contributed by atoms with Crippen molar-refractivity contribution in [3.63, 3.8) is 0 Å². The van der Waals surface area contributed by atoms with E-state index < -0.39 is 0 Å². The van der Waals surface area contributed by atoms with Crippen molar-refractivity contribution in [2.75, 3.05) is 0 Å². The fourth-order valence-corrected chi connectivity index (χ4v) is 7.99. The summed E-state index contributed by atoms with van der Waals surface area (Å²) >= 11 is 0. The highest BCUT2D eigenvalue weighted by Crippen LogP contribution is 2.67. The molecule has 4 rings (SSSR count). The van der Waals surface area contributed by atoms with E-state index in [0.29, 0.717) is 10.8 Å². The van der Waals surface area contributed by atoms with Gasteiger partial charge in [-0.15, -0.1) is 6.58 Å². The normalized spacial score (nSPS) is 51.8. The Morgan fingerprint density at radius 1 is 1.00 bits per heavy atom. The topological polar surface area (TPSA) is 26.3 Å². The van der Waals surface area contributed by atoms with E-state index in [2.05, 4.69) is 26.5 Å². The fourth-order valence-electron chi connectivity index (χ4n) is 7.99. The molecule has 0 unspecified atom stereocenters. The lowest BCUT2D eigenvalue weighted by Crippen LogP contribution is -2.54. The molecule has 4 aliphatic rings. The smallest absolute Gasteiger partial charge is 0.302 e. The molecule has 0 aromatic rings. The monoisotopic (exact) mass is 344 g/mol. The van der Waals surface area contributed by atoms with Gasteiger partial charge < -0.3 is 4.74 Å². The maximum atomic E-state index is 11.4. The van der Waals surface area contributed by atoms with Crippen molar-refractivity contribution < 1.29 is 9.53 Å². The van der Waals surface area contributed by atoms with Crippen LogP contribution in [0, 0.1) is 40.4 Å². The van der Waals surface area contributed by atoms with Crippen LogP contribution in [0.5, 0.6) is 0 Å². The summed E-state index contributed by atoms with van der Waals surface area (Å²) in [5.74, 6) is 4.13. The molecule has 25 heavy (non-hydrogen) atoms. The van der Waals surface area contributed by atoms with Crippen molar-refractivity contribution in [2.24, 2.45) is 40.4 Å². The van der Waals surface area contributed by atoms with Crippen LogP contribution in [-0.4, -0.2) is 12.1 Å². The Bertz CT molecular complexity index is 554. The highest BCUT2D eigenvalue weighted by atomic mass is 16.5. The molecule has 140 valence electrons. The summed E-state index contributed by atoms with van der Waals surface area (Å²) in [6.45, 7) is 10.9. The Balaban J connectivity index is 1.53. The van der Waals surface area contributed by atoms with Crippen LogP contribution in [0.15, 0.2) is 12.7 Å². The summed E-state index contributed by atoms with van der Waals surface area (Å²) in [5.41, 5.74) is 0.994. The van der Waals surface area contributed by atoms with Gasteiger partial charge in [-0.3, -0.25) is 4.79 Å². The molecule has 2 nitrogen and oxygen atoms in total. The first-order valence-electron chi connectivity index (χ1n) is 10.7. The Hall–Kier alpha value is -0.790. The number of hydrogen-bond donors (Lipinski definition) is 0. The van der Waals surface area contributed by atoms with Gasteiger partial charge >= 0.3 is 5.97 Å². The first-order chi connectivity index (χ1) is 11.9. The minimum atomic E-state index is -0.0999. The number of hydrogen-bond acceptors (Lipinski definition) is 2. The van der Waals surface area contributed by atoms with Gasteiger partial charge in [0.05, 0.1) is 0 Å². The van der Waals surface area contributed by atoms with Crippen LogP contribution in [-0.2, 0) is 9.53 Å². The summed E-state index contributed by atoms with van der Waals surface area (Å²) in [7, 11) is 0. The number of ether oxygens (including phenoxy) is 1. The van der Waals surface area contributed by atoms with Gasteiger partial charge in [-0.05, 0) is 98.2 Å². The lowest BCUT2D eigenvalue weighted by atomic mass is 9.44. The molecule has 0 aromatic heterocycles. The summed E-state index contributed by atoms with van der Waals surface area (Å²) in [6, 6.07) is 0. The second-order valence-corrected chi connectivity index (χ2v) is 10.1. The van der Waals surface area contributed by atoms with Crippen molar-refractivity contribution >= 4 is 5.97 Å². The van der Waals surface area contributed by atoms with E-state index in [9.17, 15) is 4.79 Å². The average Bonchev–Trinajstić information content (AvgIpc) is 2.91. The number of allylic oxidation sites excluding steroid dienone is 1. The zero-order valence-corrected chi connectivity index (χ0v) is 16.4. The van der Waals surface area contributed by atoms with Crippen molar-refractivity contribution in [3.05, 3.63) is 12.7 Å². The maximum Gasteiger partial charge on any atom is 0.302 e. The molecule has 4 saturated carbocycles. The molecule has 0 heterocycles. The zero-order valence-electron chi connectivity index (χ0n) is 16.4. The van der Waals surface area contributed by atoms with Crippen LogP contribution in [0.1, 0.15) is 78.6 Å².